The van der Waals surface area contributed by atoms with E-state index < -0.39 is 21.7 Å². The van der Waals surface area contributed by atoms with Gasteiger partial charge in [-0.25, -0.2) is 22.2 Å². The van der Waals surface area contributed by atoms with Crippen molar-refractivity contribution in [1.82, 2.24) is 18.8 Å². The van der Waals surface area contributed by atoms with Crippen LogP contribution in [0.25, 0.3) is 11.0 Å². The van der Waals surface area contributed by atoms with Crippen LogP contribution in [0.1, 0.15) is 12.0 Å². The second-order valence-electron chi connectivity index (χ2n) is 9.04. The van der Waals surface area contributed by atoms with Gasteiger partial charge in [0.2, 0.25) is 10.0 Å². The van der Waals surface area contributed by atoms with Gasteiger partial charge in [0.25, 0.3) is 0 Å². The second kappa shape index (κ2) is 11.7. The zero-order chi connectivity index (χ0) is 25.8. The van der Waals surface area contributed by atoms with E-state index in [9.17, 15) is 17.2 Å². The van der Waals surface area contributed by atoms with Gasteiger partial charge in [0, 0.05) is 50.6 Å². The van der Waals surface area contributed by atoms with E-state index >= 15 is 0 Å². The first kappa shape index (κ1) is 26.5. The van der Waals surface area contributed by atoms with Crippen molar-refractivity contribution in [2.24, 2.45) is 0 Å². The predicted octanol–water partition coefficient (Wildman–Crippen LogP) is 3.35. The molecule has 8 nitrogen and oxygen atoms in total. The number of hydrogen-bond donors (Lipinski definition) is 0. The van der Waals surface area contributed by atoms with Crippen molar-refractivity contribution in [1.29, 1.82) is 0 Å². The van der Waals surface area contributed by atoms with E-state index in [2.05, 4.69) is 4.90 Å². The van der Waals surface area contributed by atoms with Gasteiger partial charge in [-0.2, -0.15) is 4.31 Å². The van der Waals surface area contributed by atoms with Crippen LogP contribution in [-0.4, -0.2) is 86.3 Å². The monoisotopic (exact) mass is 552 g/mol. The third kappa shape index (κ3) is 6.15. The number of sulfonamides is 1. The van der Waals surface area contributed by atoms with Gasteiger partial charge < -0.3 is 14.0 Å². The molecule has 3 aromatic rings. The highest BCUT2D eigenvalue weighted by Crippen LogP contribution is 2.30. The maximum absolute atomic E-state index is 14.2. The number of aryl methyl sites for hydroxylation is 1. The van der Waals surface area contributed by atoms with Crippen molar-refractivity contribution in [2.45, 2.75) is 28.8 Å². The van der Waals surface area contributed by atoms with Crippen molar-refractivity contribution in [3.8, 4) is 0 Å². The lowest BCUT2D eigenvalue weighted by Crippen LogP contribution is -2.40. The average molecular weight is 553 g/mol. The minimum absolute atomic E-state index is 0.188. The Kier molecular flexibility index (Phi) is 8.42. The molecule has 0 N–H and O–H groups in total. The number of ether oxygens (including phenoxy) is 2. The number of imidazole rings is 1. The van der Waals surface area contributed by atoms with Crippen LogP contribution in [0.3, 0.4) is 0 Å². The Morgan fingerprint density at radius 2 is 1.65 bits per heavy atom. The fourth-order valence-corrected chi connectivity index (χ4v) is 7.03. The lowest BCUT2D eigenvalue weighted by molar-refractivity contribution is 0.0369. The van der Waals surface area contributed by atoms with Crippen LogP contribution in [0.15, 0.2) is 46.5 Å². The van der Waals surface area contributed by atoms with Gasteiger partial charge in [-0.1, -0.05) is 11.8 Å². The number of hydrogen-bond acceptors (Lipinski definition) is 7. The van der Waals surface area contributed by atoms with Gasteiger partial charge in [-0.15, -0.1) is 0 Å². The topological polar surface area (TPSA) is 76.9 Å². The van der Waals surface area contributed by atoms with Crippen molar-refractivity contribution in [2.75, 3.05) is 59.2 Å². The van der Waals surface area contributed by atoms with Gasteiger partial charge in [0.05, 0.1) is 42.4 Å². The number of fused-ring (bicyclic) bond motifs is 1. The van der Waals surface area contributed by atoms with Crippen molar-refractivity contribution in [3.05, 3.63) is 53.6 Å². The Morgan fingerprint density at radius 1 is 0.919 bits per heavy atom. The molecule has 2 aromatic carbocycles. The van der Waals surface area contributed by atoms with Gasteiger partial charge in [0.1, 0.15) is 11.6 Å². The van der Waals surface area contributed by atoms with E-state index in [1.807, 2.05) is 4.57 Å². The highest BCUT2D eigenvalue weighted by Gasteiger charge is 2.27. The molecule has 200 valence electrons. The molecule has 2 fully saturated rings. The van der Waals surface area contributed by atoms with Crippen LogP contribution in [0.2, 0.25) is 0 Å². The molecule has 1 aromatic heterocycles. The molecule has 2 aliphatic heterocycles. The summed E-state index contributed by atoms with van der Waals surface area (Å²) in [5.41, 5.74) is 1.63. The highest BCUT2D eigenvalue weighted by atomic mass is 32.2. The van der Waals surface area contributed by atoms with Crippen molar-refractivity contribution in [3.63, 3.8) is 0 Å². The number of rotatable bonds is 9. The lowest BCUT2D eigenvalue weighted by atomic mass is 10.2. The molecule has 12 heteroatoms. The van der Waals surface area contributed by atoms with E-state index in [1.165, 1.54) is 22.1 Å². The maximum atomic E-state index is 14.2. The van der Waals surface area contributed by atoms with E-state index in [0.29, 0.717) is 43.5 Å². The lowest BCUT2D eigenvalue weighted by Gasteiger charge is -2.26. The van der Waals surface area contributed by atoms with Gasteiger partial charge in [-0.05, 0) is 42.8 Å². The summed E-state index contributed by atoms with van der Waals surface area (Å²) < 4.78 is 68.5. The molecule has 0 spiro atoms. The molecule has 0 saturated carbocycles. The average Bonchev–Trinajstić information content (AvgIpc) is 3.27. The normalized spacial score (nSPS) is 18.0. The van der Waals surface area contributed by atoms with E-state index in [4.69, 9.17) is 14.5 Å². The summed E-state index contributed by atoms with van der Waals surface area (Å²) in [6.45, 7) is 6.19. The molecule has 0 radical (unpaired) electrons. The molecule has 0 unspecified atom stereocenters. The first-order valence-corrected chi connectivity index (χ1v) is 14.8. The van der Waals surface area contributed by atoms with Gasteiger partial charge in [-0.3, -0.25) is 4.90 Å². The zero-order valence-electron chi connectivity index (χ0n) is 20.4. The highest BCUT2D eigenvalue weighted by molar-refractivity contribution is 7.98. The molecule has 37 heavy (non-hydrogen) atoms. The summed E-state index contributed by atoms with van der Waals surface area (Å²) in [4.78, 5) is 7.27. The third-order valence-electron chi connectivity index (χ3n) is 6.62. The summed E-state index contributed by atoms with van der Waals surface area (Å²) in [7, 11) is -3.67. The quantitative estimate of drug-likeness (QED) is 0.377. The van der Waals surface area contributed by atoms with Crippen LogP contribution in [0.4, 0.5) is 8.78 Å². The third-order valence-corrected chi connectivity index (χ3v) is 9.54. The summed E-state index contributed by atoms with van der Waals surface area (Å²) in [6, 6.07) is 8.43. The fraction of sp³-hybridized carbons (Fsp3) is 0.480. The first-order valence-electron chi connectivity index (χ1n) is 12.4. The number of benzene rings is 2. The molecule has 0 bridgehead atoms. The molecule has 3 heterocycles. The number of aromatic nitrogens is 2. The van der Waals surface area contributed by atoms with Crippen LogP contribution in [0, 0.1) is 11.6 Å². The Bertz CT molecular complexity index is 1340. The van der Waals surface area contributed by atoms with Crippen molar-refractivity contribution >= 4 is 32.8 Å². The standard InChI is InChI=1S/C25H30F2N4O4S2/c26-20-2-4-22(27)19(16-20)18-36-25-28-23-17-21(37(32,33)30-10-14-35-15-11-30)3-5-24(23)31(25)7-1-6-29-8-12-34-13-9-29/h2-5,16-17H,1,6-15,18H2. The maximum Gasteiger partial charge on any atom is 0.243 e. The Labute approximate surface area is 219 Å². The van der Waals surface area contributed by atoms with Gasteiger partial charge in [0.15, 0.2) is 5.16 Å². The molecule has 2 aliphatic rings. The Morgan fingerprint density at radius 3 is 2.41 bits per heavy atom. The molecule has 0 amide bonds. The smallest absolute Gasteiger partial charge is 0.243 e. The van der Waals surface area contributed by atoms with Crippen LogP contribution in [-0.2, 0) is 31.8 Å². The van der Waals surface area contributed by atoms with E-state index in [1.54, 1.807) is 18.2 Å². The number of halogens is 2. The summed E-state index contributed by atoms with van der Waals surface area (Å²) in [6.07, 6.45) is 0.862. The molecule has 0 aliphatic carbocycles. The van der Waals surface area contributed by atoms with Crippen LogP contribution < -0.4 is 0 Å². The summed E-state index contributed by atoms with van der Waals surface area (Å²) in [5.74, 6) is -0.758. The predicted molar refractivity (Wildman–Crippen MR) is 137 cm³/mol. The SMILES string of the molecule is O=S(=O)(c1ccc2c(c1)nc(SCc1cc(F)ccc1F)n2CCCN1CCOCC1)N1CCOCC1. The number of nitrogens with zero attached hydrogens (tertiary/aromatic N) is 4. The van der Waals surface area contributed by atoms with Crippen molar-refractivity contribution < 1.29 is 26.7 Å². The fourth-order valence-electron chi connectivity index (χ4n) is 4.58. The second-order valence-corrected chi connectivity index (χ2v) is 11.9. The molecule has 0 atom stereocenters. The molecule has 5 rings (SSSR count). The van der Waals surface area contributed by atoms with Crippen LogP contribution >= 0.6 is 11.8 Å². The minimum Gasteiger partial charge on any atom is -0.379 e. The number of thioether (sulfide) groups is 1. The largest absolute Gasteiger partial charge is 0.379 e. The Hall–Kier alpha value is -2.09. The molecule has 2 saturated heterocycles. The number of morpholine rings is 2. The zero-order valence-corrected chi connectivity index (χ0v) is 22.1. The van der Waals surface area contributed by atoms with E-state index in [-0.39, 0.29) is 16.2 Å². The van der Waals surface area contributed by atoms with Gasteiger partial charge >= 0.3 is 0 Å². The minimum atomic E-state index is -3.67. The van der Waals surface area contributed by atoms with Crippen LogP contribution in [0.5, 0.6) is 0 Å². The molecular formula is C25H30F2N4O4S2. The first-order chi connectivity index (χ1) is 17.9. The molecular weight excluding hydrogens is 522 g/mol. The summed E-state index contributed by atoms with van der Waals surface area (Å²) >= 11 is 1.31. The Balaban J connectivity index is 1.41. The summed E-state index contributed by atoms with van der Waals surface area (Å²) in [5, 5.41) is 0.640. The van der Waals surface area contributed by atoms with E-state index in [0.717, 1.165) is 56.9 Å².